The average Bonchev–Trinajstić information content (AvgIpc) is 2.39. The highest BCUT2D eigenvalue weighted by atomic mass is 16.6. The number of carbonyl (C=O) groups excluding carboxylic acids is 1. The molecule has 0 heterocycles. The number of hydrogen-bond acceptors (Lipinski definition) is 5. The summed E-state index contributed by atoms with van der Waals surface area (Å²) in [7, 11) is 1.45. The first-order valence-electron chi connectivity index (χ1n) is 5.18. The molecular weight excluding hydrogens is 238 g/mol. The molecule has 0 aliphatic heterocycles. The zero-order chi connectivity index (χ0) is 13.5. The van der Waals surface area contributed by atoms with Gasteiger partial charge in [0.1, 0.15) is 0 Å². The number of rotatable bonds is 5. The Morgan fingerprint density at radius 2 is 2.17 bits per heavy atom. The van der Waals surface area contributed by atoms with Gasteiger partial charge in [-0.2, -0.15) is 0 Å². The Morgan fingerprint density at radius 3 is 2.61 bits per heavy atom. The zero-order valence-corrected chi connectivity index (χ0v) is 9.74. The lowest BCUT2D eigenvalue weighted by Gasteiger charge is -2.06. The molecule has 2 N–H and O–H groups in total. The molecule has 1 aromatic rings. The summed E-state index contributed by atoms with van der Waals surface area (Å²) in [5.41, 5.74) is 0.597. The first-order chi connectivity index (χ1) is 8.58. The minimum atomic E-state index is -0.870. The van der Waals surface area contributed by atoms with Crippen molar-refractivity contribution >= 4 is 17.8 Å². The molecule has 7 nitrogen and oxygen atoms in total. The van der Waals surface area contributed by atoms with Crippen LogP contribution in [0, 0.1) is 10.1 Å². The largest absolute Gasteiger partial charge is 0.394 e. The molecule has 0 fully saturated rings. The van der Waals surface area contributed by atoms with E-state index < -0.39 is 23.5 Å². The number of aliphatic hydroxyl groups excluding tert-OH is 1. The number of hydrogen-bond donors (Lipinski definition) is 2. The van der Waals surface area contributed by atoms with Gasteiger partial charge in [-0.25, -0.2) is 0 Å². The minimum absolute atomic E-state index is 0.0165. The topological polar surface area (TPSA) is 105 Å². The van der Waals surface area contributed by atoms with E-state index >= 15 is 0 Å². The summed E-state index contributed by atoms with van der Waals surface area (Å²) in [4.78, 5) is 25.1. The second-order valence-electron chi connectivity index (χ2n) is 3.44. The molecule has 1 atom stereocenters. The molecule has 1 aromatic carbocycles. The summed E-state index contributed by atoms with van der Waals surface area (Å²) >= 11 is 0. The second-order valence-corrected chi connectivity index (χ2v) is 3.44. The number of benzene rings is 1. The summed E-state index contributed by atoms with van der Waals surface area (Å²) in [6.45, 7) is -0.400. The van der Waals surface area contributed by atoms with Crippen molar-refractivity contribution in [2.24, 2.45) is 4.99 Å². The molecule has 0 aliphatic rings. The molecule has 96 valence electrons. The van der Waals surface area contributed by atoms with E-state index in [1.165, 1.54) is 37.5 Å². The van der Waals surface area contributed by atoms with Gasteiger partial charge in [-0.05, 0) is 17.7 Å². The molecule has 0 unspecified atom stereocenters. The Labute approximate surface area is 103 Å². The van der Waals surface area contributed by atoms with E-state index in [9.17, 15) is 14.9 Å². The van der Waals surface area contributed by atoms with Gasteiger partial charge in [0.05, 0.1) is 11.5 Å². The minimum Gasteiger partial charge on any atom is -0.394 e. The van der Waals surface area contributed by atoms with Gasteiger partial charge in [-0.3, -0.25) is 19.9 Å². The summed E-state index contributed by atoms with van der Waals surface area (Å²) in [5, 5.41) is 21.8. The maximum atomic E-state index is 11.2. The molecule has 0 aromatic heterocycles. The number of nitrogens with one attached hydrogen (secondary N) is 1. The van der Waals surface area contributed by atoms with Gasteiger partial charge in [0.15, 0.2) is 6.04 Å². The van der Waals surface area contributed by atoms with Gasteiger partial charge in [0.25, 0.3) is 5.69 Å². The number of aliphatic hydroxyl groups is 1. The quantitative estimate of drug-likeness (QED) is 0.440. The fourth-order valence-electron chi connectivity index (χ4n) is 1.22. The van der Waals surface area contributed by atoms with Crippen LogP contribution < -0.4 is 5.32 Å². The van der Waals surface area contributed by atoms with Crippen LogP contribution in [0.25, 0.3) is 0 Å². The van der Waals surface area contributed by atoms with Gasteiger partial charge in [0, 0.05) is 25.4 Å². The standard InChI is InChI=1S/C11H13N3O4/c1-12-11(16)10(7-15)13-6-8-2-4-9(5-3-8)14(17)18/h2-6,10,15H,7H2,1H3,(H,12,16)/t10-/m0/s1. The van der Waals surface area contributed by atoms with Crippen molar-refractivity contribution in [2.75, 3.05) is 13.7 Å². The monoisotopic (exact) mass is 251 g/mol. The van der Waals surface area contributed by atoms with Crippen molar-refractivity contribution in [3.8, 4) is 0 Å². The number of nitro groups is 1. The van der Waals surface area contributed by atoms with E-state index in [4.69, 9.17) is 5.11 Å². The lowest BCUT2D eigenvalue weighted by molar-refractivity contribution is -0.384. The van der Waals surface area contributed by atoms with Crippen LogP contribution in [-0.4, -0.2) is 41.8 Å². The molecule has 7 heteroatoms. The Kier molecular flexibility index (Phi) is 4.94. The van der Waals surface area contributed by atoms with Crippen LogP contribution in [0.5, 0.6) is 0 Å². The van der Waals surface area contributed by atoms with Gasteiger partial charge < -0.3 is 10.4 Å². The fourth-order valence-corrected chi connectivity index (χ4v) is 1.22. The van der Waals surface area contributed by atoms with Crippen molar-refractivity contribution < 1.29 is 14.8 Å². The van der Waals surface area contributed by atoms with E-state index in [0.717, 1.165) is 0 Å². The molecule has 0 aliphatic carbocycles. The number of aliphatic imine (C=N–C) groups is 1. The Morgan fingerprint density at radius 1 is 1.56 bits per heavy atom. The van der Waals surface area contributed by atoms with Crippen molar-refractivity contribution in [3.63, 3.8) is 0 Å². The SMILES string of the molecule is CNC(=O)[C@H](CO)N=Cc1ccc([N+](=O)[O-])cc1. The second kappa shape index (κ2) is 6.45. The first kappa shape index (κ1) is 13.8. The van der Waals surface area contributed by atoms with Gasteiger partial charge in [-0.1, -0.05) is 0 Å². The van der Waals surface area contributed by atoms with E-state index in [1.54, 1.807) is 0 Å². The van der Waals surface area contributed by atoms with Crippen LogP contribution in [0.2, 0.25) is 0 Å². The van der Waals surface area contributed by atoms with Gasteiger partial charge in [-0.15, -0.1) is 0 Å². The molecule has 1 rings (SSSR count). The Balaban J connectivity index is 2.77. The molecule has 1 amide bonds. The Bertz CT molecular complexity index is 456. The molecule has 0 saturated heterocycles. The molecule has 0 bridgehead atoms. The number of nitro benzene ring substituents is 1. The molecule has 0 radical (unpaired) electrons. The number of carbonyl (C=O) groups is 1. The number of likely N-dealkylation sites (N-methyl/N-ethyl adjacent to an activating group) is 1. The van der Waals surface area contributed by atoms with Crippen molar-refractivity contribution in [1.29, 1.82) is 0 Å². The highest BCUT2D eigenvalue weighted by Crippen LogP contribution is 2.10. The maximum Gasteiger partial charge on any atom is 0.269 e. The summed E-state index contributed by atoms with van der Waals surface area (Å²) in [5.74, 6) is -0.393. The summed E-state index contributed by atoms with van der Waals surface area (Å²) in [6.07, 6.45) is 1.39. The van der Waals surface area contributed by atoms with E-state index in [0.29, 0.717) is 5.56 Å². The van der Waals surface area contributed by atoms with E-state index in [2.05, 4.69) is 10.3 Å². The molecular formula is C11H13N3O4. The third-order valence-corrected chi connectivity index (χ3v) is 2.23. The third kappa shape index (κ3) is 3.63. The summed E-state index contributed by atoms with van der Waals surface area (Å²) in [6, 6.07) is 4.84. The highest BCUT2D eigenvalue weighted by molar-refractivity contribution is 5.86. The van der Waals surface area contributed by atoms with Crippen LogP contribution >= 0.6 is 0 Å². The van der Waals surface area contributed by atoms with Crippen molar-refractivity contribution in [3.05, 3.63) is 39.9 Å². The van der Waals surface area contributed by atoms with Gasteiger partial charge in [0.2, 0.25) is 5.91 Å². The number of non-ortho nitro benzene ring substituents is 1. The lowest BCUT2D eigenvalue weighted by Crippen LogP contribution is -2.33. The fraction of sp³-hybridized carbons (Fsp3) is 0.273. The van der Waals surface area contributed by atoms with E-state index in [1.807, 2.05) is 0 Å². The Hall–Kier alpha value is -2.28. The normalized spacial score (nSPS) is 12.3. The third-order valence-electron chi connectivity index (χ3n) is 2.23. The average molecular weight is 251 g/mol. The predicted octanol–water partition coefficient (Wildman–Crippen LogP) is 0.121. The lowest BCUT2D eigenvalue weighted by atomic mass is 10.2. The molecule has 18 heavy (non-hydrogen) atoms. The number of nitrogens with zero attached hydrogens (tertiary/aromatic N) is 2. The van der Waals surface area contributed by atoms with Crippen LogP contribution in [0.4, 0.5) is 5.69 Å². The van der Waals surface area contributed by atoms with Crippen LogP contribution in [-0.2, 0) is 4.79 Å². The smallest absolute Gasteiger partial charge is 0.269 e. The highest BCUT2D eigenvalue weighted by Gasteiger charge is 2.13. The van der Waals surface area contributed by atoms with Crippen LogP contribution in [0.3, 0.4) is 0 Å². The molecule has 0 saturated carbocycles. The first-order valence-corrected chi connectivity index (χ1v) is 5.18. The van der Waals surface area contributed by atoms with Crippen molar-refractivity contribution in [1.82, 2.24) is 5.32 Å². The molecule has 0 spiro atoms. The summed E-state index contributed by atoms with van der Waals surface area (Å²) < 4.78 is 0. The van der Waals surface area contributed by atoms with Gasteiger partial charge >= 0.3 is 0 Å². The zero-order valence-electron chi connectivity index (χ0n) is 9.74. The van der Waals surface area contributed by atoms with E-state index in [-0.39, 0.29) is 5.69 Å². The van der Waals surface area contributed by atoms with Crippen molar-refractivity contribution in [2.45, 2.75) is 6.04 Å². The van der Waals surface area contributed by atoms with Crippen LogP contribution in [0.15, 0.2) is 29.3 Å². The number of amides is 1. The maximum absolute atomic E-state index is 11.2. The predicted molar refractivity (Wildman–Crippen MR) is 65.6 cm³/mol. The van der Waals surface area contributed by atoms with Crippen LogP contribution in [0.1, 0.15) is 5.56 Å².